The molecule has 0 radical (unpaired) electrons. The van der Waals surface area contributed by atoms with E-state index in [1.54, 1.807) is 18.2 Å². The van der Waals surface area contributed by atoms with Crippen LogP contribution in [0, 0.1) is 5.92 Å². The zero-order valence-corrected chi connectivity index (χ0v) is 19.9. The molecule has 1 amide bonds. The molecule has 2 aromatic heterocycles. The Labute approximate surface area is 202 Å². The van der Waals surface area contributed by atoms with Gasteiger partial charge in [0.25, 0.3) is 11.1 Å². The van der Waals surface area contributed by atoms with Gasteiger partial charge in [0.2, 0.25) is 5.91 Å². The molecule has 0 spiro atoms. The van der Waals surface area contributed by atoms with Crippen molar-refractivity contribution in [1.29, 1.82) is 0 Å². The van der Waals surface area contributed by atoms with Gasteiger partial charge in [-0.05, 0) is 24.5 Å². The summed E-state index contributed by atoms with van der Waals surface area (Å²) in [5.74, 6) is 1.45. The molecule has 10 nitrogen and oxygen atoms in total. The minimum Gasteiger partial charge on any atom is -0.493 e. The number of hydrogen-bond acceptors (Lipinski definition) is 7. The van der Waals surface area contributed by atoms with Crippen LogP contribution in [0.25, 0.3) is 10.9 Å². The first kappa shape index (κ1) is 23.1. The maximum Gasteiger partial charge on any atom is 0.261 e. The van der Waals surface area contributed by atoms with Crippen LogP contribution in [0.5, 0.6) is 11.5 Å². The lowest BCUT2D eigenvalue weighted by Gasteiger charge is -2.42. The summed E-state index contributed by atoms with van der Waals surface area (Å²) >= 11 is 0. The van der Waals surface area contributed by atoms with E-state index >= 15 is 0 Å². The third-order valence-electron chi connectivity index (χ3n) is 6.95. The highest BCUT2D eigenvalue weighted by atomic mass is 16.5. The largest absolute Gasteiger partial charge is 0.493 e. The number of methoxy groups -OCH3 is 2. The molecule has 4 heterocycles. The molecule has 1 N–H and O–H groups in total. The predicted octanol–water partition coefficient (Wildman–Crippen LogP) is 0.811. The molecular formula is C25H29N5O5. The van der Waals surface area contributed by atoms with Crippen molar-refractivity contribution in [1.82, 2.24) is 24.3 Å². The SMILES string of the molecule is COc1cc2ncn(CC(=O)NCCN3C[C@H]4C[C@@H](C3)c3cccc(=O)n3C4)c(=O)c2cc1OC. The molecule has 2 atom stereocenters. The molecule has 5 rings (SSSR count). The third kappa shape index (κ3) is 4.53. The predicted molar refractivity (Wildman–Crippen MR) is 130 cm³/mol. The summed E-state index contributed by atoms with van der Waals surface area (Å²) in [6.45, 7) is 3.63. The number of nitrogens with one attached hydrogen (secondary N) is 1. The molecule has 184 valence electrons. The highest BCUT2D eigenvalue weighted by molar-refractivity contribution is 5.82. The topological polar surface area (TPSA) is 108 Å². The molecule has 10 heteroatoms. The quantitative estimate of drug-likeness (QED) is 0.534. The van der Waals surface area contributed by atoms with Crippen LogP contribution in [0.15, 0.2) is 46.2 Å². The summed E-state index contributed by atoms with van der Waals surface area (Å²) in [5, 5.41) is 3.28. The van der Waals surface area contributed by atoms with Crippen molar-refractivity contribution in [2.45, 2.75) is 25.4 Å². The van der Waals surface area contributed by atoms with Crippen molar-refractivity contribution in [2.75, 3.05) is 40.4 Å². The smallest absolute Gasteiger partial charge is 0.261 e. The Balaban J connectivity index is 1.19. The average Bonchev–Trinajstić information content (AvgIpc) is 2.85. The van der Waals surface area contributed by atoms with Crippen LogP contribution < -0.4 is 25.9 Å². The zero-order valence-electron chi connectivity index (χ0n) is 19.9. The van der Waals surface area contributed by atoms with Crippen LogP contribution in [0.1, 0.15) is 18.0 Å². The van der Waals surface area contributed by atoms with Crippen LogP contribution >= 0.6 is 0 Å². The highest BCUT2D eigenvalue weighted by Gasteiger charge is 2.34. The van der Waals surface area contributed by atoms with Gasteiger partial charge in [-0.2, -0.15) is 0 Å². The number of amides is 1. The Morgan fingerprint density at radius 1 is 1.11 bits per heavy atom. The van der Waals surface area contributed by atoms with Gasteiger partial charge in [-0.25, -0.2) is 4.98 Å². The molecule has 0 unspecified atom stereocenters. The third-order valence-corrected chi connectivity index (χ3v) is 6.95. The van der Waals surface area contributed by atoms with E-state index in [1.165, 1.54) is 25.1 Å². The second-order valence-corrected chi connectivity index (χ2v) is 9.21. The van der Waals surface area contributed by atoms with Gasteiger partial charge in [0.1, 0.15) is 6.54 Å². The first-order valence-electron chi connectivity index (χ1n) is 11.8. The van der Waals surface area contributed by atoms with Gasteiger partial charge in [-0.15, -0.1) is 0 Å². The van der Waals surface area contributed by atoms with Gasteiger partial charge < -0.3 is 24.3 Å². The van der Waals surface area contributed by atoms with Crippen LogP contribution in [0.4, 0.5) is 0 Å². The molecule has 1 fully saturated rings. The molecule has 35 heavy (non-hydrogen) atoms. The van der Waals surface area contributed by atoms with Crippen LogP contribution in [-0.4, -0.2) is 65.3 Å². The Morgan fingerprint density at radius 3 is 2.71 bits per heavy atom. The minimum absolute atomic E-state index is 0.0777. The average molecular weight is 480 g/mol. The maximum absolute atomic E-state index is 12.9. The van der Waals surface area contributed by atoms with Crippen molar-refractivity contribution >= 4 is 16.8 Å². The fraction of sp³-hybridized carbons (Fsp3) is 0.440. The Morgan fingerprint density at radius 2 is 1.91 bits per heavy atom. The van der Waals surface area contributed by atoms with E-state index in [0.29, 0.717) is 40.8 Å². The van der Waals surface area contributed by atoms with Gasteiger partial charge in [0, 0.05) is 56.5 Å². The standard InChI is InChI=1S/C25H29N5O5/c1-34-21-9-18-19(10-22(21)35-2)27-15-29(25(18)33)14-23(31)26-6-7-28-11-16-8-17(13-28)20-4-3-5-24(32)30(20)12-16/h3-5,9-10,15-17H,6-8,11-14H2,1-2H3,(H,26,31)/t16-,17+/m1/s1. The van der Waals surface area contributed by atoms with Crippen molar-refractivity contribution in [2.24, 2.45) is 5.92 Å². The lowest BCUT2D eigenvalue weighted by atomic mass is 9.83. The molecule has 0 aliphatic carbocycles. The normalized spacial score (nSPS) is 19.3. The summed E-state index contributed by atoms with van der Waals surface area (Å²) in [7, 11) is 3.02. The van der Waals surface area contributed by atoms with Crippen LogP contribution in [-0.2, 0) is 17.9 Å². The Kier molecular flexibility index (Phi) is 6.29. The van der Waals surface area contributed by atoms with Gasteiger partial charge in [-0.3, -0.25) is 19.0 Å². The van der Waals surface area contributed by atoms with Crippen molar-refractivity contribution in [3.63, 3.8) is 0 Å². The molecule has 1 saturated heterocycles. The fourth-order valence-corrected chi connectivity index (χ4v) is 5.34. The number of benzene rings is 1. The molecule has 2 bridgehead atoms. The molecule has 1 aromatic carbocycles. The van der Waals surface area contributed by atoms with E-state index in [2.05, 4.69) is 21.3 Å². The number of pyridine rings is 1. The summed E-state index contributed by atoms with van der Waals surface area (Å²) in [5.41, 5.74) is 1.35. The van der Waals surface area contributed by atoms with E-state index < -0.39 is 0 Å². The summed E-state index contributed by atoms with van der Waals surface area (Å²) in [4.78, 5) is 44.3. The number of hydrogen-bond donors (Lipinski definition) is 1. The number of carbonyl (C=O) groups is 1. The second kappa shape index (κ2) is 9.53. The number of rotatable bonds is 7. The summed E-state index contributed by atoms with van der Waals surface area (Å²) in [6, 6.07) is 8.74. The van der Waals surface area contributed by atoms with E-state index in [4.69, 9.17) is 9.47 Å². The van der Waals surface area contributed by atoms with Gasteiger partial charge >= 0.3 is 0 Å². The number of fused-ring (bicyclic) bond motifs is 5. The van der Waals surface area contributed by atoms with E-state index in [9.17, 15) is 14.4 Å². The van der Waals surface area contributed by atoms with Crippen molar-refractivity contribution in [3.05, 3.63) is 63.1 Å². The molecule has 0 saturated carbocycles. The zero-order chi connectivity index (χ0) is 24.5. The summed E-state index contributed by atoms with van der Waals surface area (Å²) in [6.07, 6.45) is 2.47. The molecular weight excluding hydrogens is 450 g/mol. The van der Waals surface area contributed by atoms with E-state index in [1.807, 2.05) is 10.6 Å². The molecule has 2 aliphatic heterocycles. The number of carbonyl (C=O) groups excluding carboxylic acids is 1. The Bertz CT molecular complexity index is 1380. The number of likely N-dealkylation sites (tertiary alicyclic amines) is 1. The van der Waals surface area contributed by atoms with Crippen molar-refractivity contribution in [3.8, 4) is 11.5 Å². The summed E-state index contributed by atoms with van der Waals surface area (Å²) < 4.78 is 13.8. The van der Waals surface area contributed by atoms with Crippen molar-refractivity contribution < 1.29 is 14.3 Å². The number of nitrogens with zero attached hydrogens (tertiary/aromatic N) is 4. The van der Waals surface area contributed by atoms with Gasteiger partial charge in [-0.1, -0.05) is 6.07 Å². The first-order valence-corrected chi connectivity index (χ1v) is 11.8. The number of ether oxygens (including phenoxy) is 2. The van der Waals surface area contributed by atoms with E-state index in [-0.39, 0.29) is 23.6 Å². The number of aromatic nitrogens is 3. The highest BCUT2D eigenvalue weighted by Crippen LogP contribution is 2.34. The van der Waals surface area contributed by atoms with E-state index in [0.717, 1.165) is 38.3 Å². The van der Waals surface area contributed by atoms with Crippen LogP contribution in [0.3, 0.4) is 0 Å². The van der Waals surface area contributed by atoms with Crippen LogP contribution in [0.2, 0.25) is 0 Å². The number of piperidine rings is 1. The lowest BCUT2D eigenvalue weighted by Crippen LogP contribution is -2.49. The minimum atomic E-state index is -0.316. The fourth-order valence-electron chi connectivity index (χ4n) is 5.34. The van der Waals surface area contributed by atoms with Gasteiger partial charge in [0.05, 0.1) is 31.4 Å². The Hall–Kier alpha value is -3.66. The second-order valence-electron chi connectivity index (χ2n) is 9.21. The van der Waals surface area contributed by atoms with Gasteiger partial charge in [0.15, 0.2) is 11.5 Å². The molecule has 2 aliphatic rings. The molecule has 3 aromatic rings. The first-order chi connectivity index (χ1) is 17.0. The monoisotopic (exact) mass is 479 g/mol. The maximum atomic E-state index is 12.9. The lowest BCUT2D eigenvalue weighted by molar-refractivity contribution is -0.121.